The van der Waals surface area contributed by atoms with Crippen LogP contribution in [0, 0.1) is 0 Å². The van der Waals surface area contributed by atoms with Gasteiger partial charge in [0.15, 0.2) is 12.3 Å². The van der Waals surface area contributed by atoms with Gasteiger partial charge in [-0.05, 0) is 0 Å². The van der Waals surface area contributed by atoms with E-state index in [1.165, 1.54) is 0 Å². The maximum absolute atomic E-state index is 7.32. The Kier molecular flexibility index (Phi) is 3.42. The first-order valence-electron chi connectivity index (χ1n) is 0.532. The molecule has 2 N–H and O–H groups in total. The van der Waals surface area contributed by atoms with E-state index in [2.05, 4.69) is 4.33 Å². The van der Waals surface area contributed by atoms with Crippen molar-refractivity contribution >= 4 is 12.3 Å². The summed E-state index contributed by atoms with van der Waals surface area (Å²) in [6.07, 6.45) is 0. The van der Waals surface area contributed by atoms with Crippen LogP contribution >= 0.6 is 12.3 Å². The first kappa shape index (κ1) is 4.23. The highest BCUT2D eigenvalue weighted by atomic mass is 32.2. The fraction of sp³-hybridized carbons (Fsp3) is 0. The predicted molar refractivity (Wildman–Crippen MR) is 13.9 cm³/mol. The summed E-state index contributed by atoms with van der Waals surface area (Å²) in [5.74, 6) is 0. The number of hydrogen-bond donors (Lipinski definition) is 2. The summed E-state index contributed by atoms with van der Waals surface area (Å²) in [6.45, 7) is 0. The molecule has 4 heteroatoms. The zero-order valence-electron chi connectivity index (χ0n) is 1.71. The van der Waals surface area contributed by atoms with Crippen LogP contribution in [0.5, 0.6) is 0 Å². The molecule has 0 aliphatic heterocycles. The topological polar surface area (TPSA) is 49.7 Å². The molecule has 0 rings (SSSR count). The lowest BCUT2D eigenvalue weighted by Gasteiger charge is -1.69. The van der Waals surface area contributed by atoms with Crippen molar-refractivity contribution in [1.82, 2.24) is 0 Å². The van der Waals surface area contributed by atoms with Crippen molar-refractivity contribution in [3.8, 4) is 0 Å². The summed E-state index contributed by atoms with van der Waals surface area (Å²) >= 11 is -0.0880. The normalized spacial score (nSPS) is 7.50. The monoisotopic (exact) mass is 82.0 g/mol. The summed E-state index contributed by atoms with van der Waals surface area (Å²) in [6, 6.07) is 0. The van der Waals surface area contributed by atoms with E-state index in [0.29, 0.717) is 0 Å². The predicted octanol–water partition coefficient (Wildman–Crippen LogP) is 0.597. The Labute approximate surface area is 27.5 Å². The quantitative estimate of drug-likeness (QED) is 0.276. The fourth-order valence-corrected chi connectivity index (χ4v) is 0. The molecule has 0 aromatic rings. The average molecular weight is 82.1 g/mol. The van der Waals surface area contributed by atoms with Gasteiger partial charge in [0.25, 0.3) is 0 Å². The Hall–Kier alpha value is 0.230. The van der Waals surface area contributed by atoms with E-state index in [1.807, 2.05) is 0 Å². The average Bonchev–Trinajstić information content (AvgIpc) is 1.37. The van der Waals surface area contributed by atoms with Crippen molar-refractivity contribution in [3.63, 3.8) is 0 Å². The highest BCUT2D eigenvalue weighted by Crippen LogP contribution is 1.83. The molecule has 0 saturated heterocycles. The fourth-order valence-electron chi connectivity index (χ4n) is 0. The molecule has 0 radical (unpaired) electrons. The van der Waals surface area contributed by atoms with Crippen molar-refractivity contribution in [3.05, 3.63) is 0 Å². The molecule has 0 heterocycles. The molecule has 0 aliphatic rings. The van der Waals surface area contributed by atoms with E-state index in [9.17, 15) is 0 Å². The largest absolute Gasteiger partial charge is 0.305 e. The van der Waals surface area contributed by atoms with E-state index in [0.717, 1.165) is 0 Å². The highest BCUT2D eigenvalue weighted by Gasteiger charge is 1.58. The molecule has 0 bridgehead atoms. The van der Waals surface area contributed by atoms with Gasteiger partial charge in [0, 0.05) is 0 Å². The summed E-state index contributed by atoms with van der Waals surface area (Å²) in [5.41, 5.74) is 0. The molecular formula is H2O3S. The lowest BCUT2D eigenvalue weighted by Crippen LogP contribution is -1.56. The smallest absolute Gasteiger partial charge is 0.191 e. The van der Waals surface area contributed by atoms with Crippen LogP contribution in [0.1, 0.15) is 0 Å². The third kappa shape index (κ3) is 2.23. The maximum atomic E-state index is 7.32. The van der Waals surface area contributed by atoms with Gasteiger partial charge in [-0.2, -0.15) is 0 Å². The molecule has 3 nitrogen and oxygen atoms in total. The second-order valence-electron chi connectivity index (χ2n) is 0.149. The lowest BCUT2D eigenvalue weighted by atomic mass is 15.0. The SMILES string of the molecule is OOSO. The zero-order valence-corrected chi connectivity index (χ0v) is 2.53. The molecule has 0 saturated carbocycles. The maximum Gasteiger partial charge on any atom is 0.191 e. The summed E-state index contributed by atoms with van der Waals surface area (Å²) in [7, 11) is 0. The van der Waals surface area contributed by atoms with E-state index in [4.69, 9.17) is 9.81 Å². The highest BCUT2D eigenvalue weighted by molar-refractivity contribution is 7.88. The van der Waals surface area contributed by atoms with Gasteiger partial charge in [0.2, 0.25) is 0 Å². The second kappa shape index (κ2) is 3.23. The van der Waals surface area contributed by atoms with Gasteiger partial charge in [-0.1, -0.05) is 0 Å². The Morgan fingerprint density at radius 3 is 2.00 bits per heavy atom. The van der Waals surface area contributed by atoms with E-state index >= 15 is 0 Å². The van der Waals surface area contributed by atoms with Crippen molar-refractivity contribution < 1.29 is 14.1 Å². The van der Waals surface area contributed by atoms with Gasteiger partial charge in [0.1, 0.15) is 0 Å². The van der Waals surface area contributed by atoms with E-state index in [1.54, 1.807) is 0 Å². The second-order valence-corrected chi connectivity index (χ2v) is 0.447. The number of hydrogen-bond acceptors (Lipinski definition) is 4. The molecule has 0 aromatic carbocycles. The Balaban J connectivity index is 1.97. The van der Waals surface area contributed by atoms with Crippen LogP contribution in [0.4, 0.5) is 0 Å². The lowest BCUT2D eigenvalue weighted by molar-refractivity contribution is -0.122. The molecule has 0 spiro atoms. The van der Waals surface area contributed by atoms with Crippen LogP contribution < -0.4 is 0 Å². The molecule has 26 valence electrons. The van der Waals surface area contributed by atoms with Gasteiger partial charge < -0.3 is 4.55 Å². The molecule has 0 aliphatic carbocycles. The minimum absolute atomic E-state index is 0.0880. The third-order valence-electron chi connectivity index (χ3n) is 0.0333. The molecular weight excluding hydrogens is 80.1 g/mol. The molecule has 0 atom stereocenters. The van der Waals surface area contributed by atoms with Crippen LogP contribution in [-0.4, -0.2) is 9.81 Å². The molecule has 0 amide bonds. The van der Waals surface area contributed by atoms with Crippen LogP contribution in [0.2, 0.25) is 0 Å². The van der Waals surface area contributed by atoms with E-state index < -0.39 is 0 Å². The third-order valence-corrected chi connectivity index (χ3v) is 0.100. The molecule has 0 aromatic heterocycles. The summed E-state index contributed by atoms with van der Waals surface area (Å²) in [5, 5.41) is 7.09. The van der Waals surface area contributed by atoms with Crippen LogP contribution in [-0.2, 0) is 4.33 Å². The van der Waals surface area contributed by atoms with Crippen molar-refractivity contribution in [2.24, 2.45) is 0 Å². The summed E-state index contributed by atoms with van der Waals surface area (Å²) < 4.78 is 10.3. The van der Waals surface area contributed by atoms with Crippen molar-refractivity contribution in [2.45, 2.75) is 0 Å². The Morgan fingerprint density at radius 1 is 1.75 bits per heavy atom. The van der Waals surface area contributed by atoms with Gasteiger partial charge >= 0.3 is 0 Å². The Morgan fingerprint density at radius 2 is 2.00 bits per heavy atom. The minimum atomic E-state index is -0.0880. The van der Waals surface area contributed by atoms with Gasteiger partial charge in [0.05, 0.1) is 0 Å². The van der Waals surface area contributed by atoms with Crippen LogP contribution in [0.3, 0.4) is 0 Å². The zero-order chi connectivity index (χ0) is 3.41. The molecule has 0 fully saturated rings. The van der Waals surface area contributed by atoms with Gasteiger partial charge in [-0.25, -0.2) is 5.26 Å². The van der Waals surface area contributed by atoms with Crippen LogP contribution in [0.25, 0.3) is 0 Å². The van der Waals surface area contributed by atoms with Crippen molar-refractivity contribution in [2.75, 3.05) is 0 Å². The Bertz CT molecular complexity index is 5.25. The molecule has 4 heavy (non-hydrogen) atoms. The van der Waals surface area contributed by atoms with Gasteiger partial charge in [-0.15, -0.1) is 4.33 Å². The number of rotatable bonds is 1. The first-order chi connectivity index (χ1) is 1.91. The van der Waals surface area contributed by atoms with Gasteiger partial charge in [-0.3, -0.25) is 0 Å². The standard InChI is InChI=1S/H2O3S/c1-3-4-2/h1-2H. The van der Waals surface area contributed by atoms with Crippen molar-refractivity contribution in [1.29, 1.82) is 0 Å². The summed E-state index contributed by atoms with van der Waals surface area (Å²) in [4.78, 5) is 0. The van der Waals surface area contributed by atoms with Crippen LogP contribution in [0.15, 0.2) is 0 Å². The van der Waals surface area contributed by atoms with E-state index in [-0.39, 0.29) is 12.3 Å². The molecule has 0 unspecified atom stereocenters. The minimum Gasteiger partial charge on any atom is -0.305 e. The first-order valence-corrected chi connectivity index (χ1v) is 1.23.